The molecule has 1 saturated heterocycles. The number of alkyl halides is 7. The maximum Gasteiger partial charge on any atom is 0.391 e. The molecule has 3 atom stereocenters. The minimum absolute atomic E-state index is 0.119. The number of piperazine rings is 1. The van der Waals surface area contributed by atoms with E-state index in [1.54, 1.807) is 11.9 Å². The Hall–Kier alpha value is -1.10. The van der Waals surface area contributed by atoms with Crippen molar-refractivity contribution >= 4 is 5.91 Å². The van der Waals surface area contributed by atoms with Gasteiger partial charge in [-0.25, -0.2) is 4.39 Å². The van der Waals surface area contributed by atoms with Crippen LogP contribution in [0.15, 0.2) is 0 Å². The predicted octanol–water partition coefficient (Wildman–Crippen LogP) is 5.49. The lowest BCUT2D eigenvalue weighted by molar-refractivity contribution is -0.229. The van der Waals surface area contributed by atoms with Gasteiger partial charge in [0.1, 0.15) is 6.80 Å². The number of amides is 1. The molecule has 0 bridgehead atoms. The summed E-state index contributed by atoms with van der Waals surface area (Å²) >= 11 is 0. The zero-order valence-electron chi connectivity index (χ0n) is 20.4. The molecular formula is C24H38F7N3O. The quantitative estimate of drug-likeness (QED) is 0.330. The SMILES string of the molecule is CN(CCC1CC(C(F)(F)F)CC(C(F)(F)F)C1)C(=O)C(C1CCCCC1)N1CCN(CF)CC1. The monoisotopic (exact) mass is 517 g/mol. The largest absolute Gasteiger partial charge is 0.391 e. The topological polar surface area (TPSA) is 26.8 Å². The molecule has 1 aliphatic heterocycles. The average molecular weight is 518 g/mol. The third-order valence-corrected chi connectivity index (χ3v) is 8.30. The van der Waals surface area contributed by atoms with Crippen molar-refractivity contribution in [2.75, 3.05) is 46.6 Å². The number of rotatable bonds is 7. The smallest absolute Gasteiger partial charge is 0.344 e. The van der Waals surface area contributed by atoms with Crippen molar-refractivity contribution in [1.29, 1.82) is 0 Å². The average Bonchev–Trinajstić information content (AvgIpc) is 2.82. The molecule has 0 aromatic rings. The fraction of sp³-hybridized carbons (Fsp3) is 0.958. The predicted molar refractivity (Wildman–Crippen MR) is 118 cm³/mol. The third kappa shape index (κ3) is 7.69. The second kappa shape index (κ2) is 12.0. The van der Waals surface area contributed by atoms with Crippen LogP contribution in [-0.2, 0) is 4.79 Å². The highest BCUT2D eigenvalue weighted by Gasteiger charge is 2.51. The van der Waals surface area contributed by atoms with Crippen LogP contribution in [0.1, 0.15) is 57.8 Å². The van der Waals surface area contributed by atoms with E-state index < -0.39 is 43.3 Å². The van der Waals surface area contributed by atoms with Crippen molar-refractivity contribution in [2.24, 2.45) is 23.7 Å². The van der Waals surface area contributed by atoms with Gasteiger partial charge in [-0.2, -0.15) is 26.3 Å². The summed E-state index contributed by atoms with van der Waals surface area (Å²) in [5.74, 6) is -4.62. The van der Waals surface area contributed by atoms with E-state index in [2.05, 4.69) is 4.90 Å². The van der Waals surface area contributed by atoms with Gasteiger partial charge in [-0.1, -0.05) is 19.3 Å². The van der Waals surface area contributed by atoms with Crippen LogP contribution >= 0.6 is 0 Å². The lowest BCUT2D eigenvalue weighted by Crippen LogP contribution is -2.57. The van der Waals surface area contributed by atoms with E-state index in [-0.39, 0.29) is 43.7 Å². The molecule has 4 nitrogen and oxygen atoms in total. The summed E-state index contributed by atoms with van der Waals surface area (Å²) in [7, 11) is 1.60. The van der Waals surface area contributed by atoms with E-state index >= 15 is 0 Å². The minimum Gasteiger partial charge on any atom is -0.344 e. The Balaban J connectivity index is 1.64. The van der Waals surface area contributed by atoms with E-state index in [0.29, 0.717) is 26.2 Å². The molecule has 3 rings (SSSR count). The molecule has 0 N–H and O–H groups in total. The van der Waals surface area contributed by atoms with Crippen molar-refractivity contribution in [3.63, 3.8) is 0 Å². The van der Waals surface area contributed by atoms with Gasteiger partial charge >= 0.3 is 12.4 Å². The Morgan fingerprint density at radius 2 is 1.43 bits per heavy atom. The van der Waals surface area contributed by atoms with Crippen LogP contribution in [0.3, 0.4) is 0 Å². The van der Waals surface area contributed by atoms with E-state index in [0.717, 1.165) is 32.1 Å². The molecule has 3 aliphatic rings. The van der Waals surface area contributed by atoms with Gasteiger partial charge in [-0.3, -0.25) is 14.6 Å². The fourth-order valence-electron chi connectivity index (χ4n) is 6.19. The van der Waals surface area contributed by atoms with E-state index in [1.807, 2.05) is 0 Å². The maximum absolute atomic E-state index is 13.5. The summed E-state index contributed by atoms with van der Waals surface area (Å²) in [6.45, 7) is 1.77. The van der Waals surface area contributed by atoms with Gasteiger partial charge in [0, 0.05) is 39.8 Å². The van der Waals surface area contributed by atoms with Crippen LogP contribution in [-0.4, -0.2) is 85.6 Å². The molecular weight excluding hydrogens is 479 g/mol. The van der Waals surface area contributed by atoms with Crippen molar-refractivity contribution in [1.82, 2.24) is 14.7 Å². The first-order chi connectivity index (χ1) is 16.4. The second-order valence-corrected chi connectivity index (χ2v) is 10.7. The Labute approximate surface area is 203 Å². The van der Waals surface area contributed by atoms with E-state index in [9.17, 15) is 35.5 Å². The van der Waals surface area contributed by atoms with Gasteiger partial charge in [-0.05, 0) is 50.4 Å². The molecule has 1 amide bonds. The van der Waals surface area contributed by atoms with Crippen LogP contribution < -0.4 is 0 Å². The molecule has 3 fully saturated rings. The van der Waals surface area contributed by atoms with Crippen molar-refractivity contribution in [2.45, 2.75) is 76.2 Å². The molecule has 1 heterocycles. The number of nitrogens with zero attached hydrogens (tertiary/aromatic N) is 3. The first-order valence-corrected chi connectivity index (χ1v) is 12.8. The lowest BCUT2D eigenvalue weighted by atomic mass is 9.73. The molecule has 3 unspecified atom stereocenters. The Morgan fingerprint density at radius 1 is 0.886 bits per heavy atom. The van der Waals surface area contributed by atoms with Crippen LogP contribution in [0.5, 0.6) is 0 Å². The summed E-state index contributed by atoms with van der Waals surface area (Å²) in [5, 5.41) is 0. The summed E-state index contributed by atoms with van der Waals surface area (Å²) in [4.78, 5) is 18.8. The van der Waals surface area contributed by atoms with Crippen LogP contribution in [0.4, 0.5) is 30.7 Å². The Morgan fingerprint density at radius 3 is 1.91 bits per heavy atom. The highest BCUT2D eigenvalue weighted by Crippen LogP contribution is 2.48. The van der Waals surface area contributed by atoms with E-state index in [1.165, 1.54) is 4.90 Å². The number of hydrogen-bond acceptors (Lipinski definition) is 3. The summed E-state index contributed by atoms with van der Waals surface area (Å²) in [5.41, 5.74) is 0. The van der Waals surface area contributed by atoms with Crippen LogP contribution in [0, 0.1) is 23.7 Å². The normalized spacial score (nSPS) is 29.2. The fourth-order valence-corrected chi connectivity index (χ4v) is 6.19. The minimum atomic E-state index is -4.66. The van der Waals surface area contributed by atoms with Crippen molar-refractivity contribution < 1.29 is 35.5 Å². The Bertz CT molecular complexity index is 651. The van der Waals surface area contributed by atoms with Crippen molar-refractivity contribution in [3.8, 4) is 0 Å². The van der Waals surface area contributed by atoms with Crippen LogP contribution in [0.2, 0.25) is 0 Å². The first kappa shape index (κ1) is 28.5. The van der Waals surface area contributed by atoms with E-state index in [4.69, 9.17) is 0 Å². The highest BCUT2D eigenvalue weighted by atomic mass is 19.4. The number of hydrogen-bond donors (Lipinski definition) is 0. The maximum atomic E-state index is 13.5. The van der Waals surface area contributed by atoms with Gasteiger partial charge in [0.25, 0.3) is 0 Å². The number of likely N-dealkylation sites (N-methyl/N-ethyl adjacent to an activating group) is 1. The summed E-state index contributed by atoms with van der Waals surface area (Å²) in [6.07, 6.45) is -5.75. The van der Waals surface area contributed by atoms with Gasteiger partial charge in [-0.15, -0.1) is 0 Å². The molecule has 0 radical (unpaired) electrons. The molecule has 0 aromatic heterocycles. The standard InChI is InChI=1S/C24H38F7N3O/c1-32(8-7-17-13-19(23(26,27)28)15-20(14-17)24(29,30)31)22(35)21(18-5-3-2-4-6-18)34-11-9-33(16-25)10-12-34/h17-21H,2-16H2,1H3. The molecule has 35 heavy (non-hydrogen) atoms. The number of halogens is 7. The van der Waals surface area contributed by atoms with Gasteiger partial charge in [0.15, 0.2) is 0 Å². The lowest BCUT2D eigenvalue weighted by Gasteiger charge is -2.43. The molecule has 2 saturated carbocycles. The van der Waals surface area contributed by atoms with Crippen molar-refractivity contribution in [3.05, 3.63) is 0 Å². The summed E-state index contributed by atoms with van der Waals surface area (Å²) in [6, 6.07) is -0.376. The second-order valence-electron chi connectivity index (χ2n) is 10.7. The molecule has 11 heteroatoms. The highest BCUT2D eigenvalue weighted by molar-refractivity contribution is 5.82. The molecule has 0 aromatic carbocycles. The third-order valence-electron chi connectivity index (χ3n) is 8.30. The molecule has 2 aliphatic carbocycles. The number of carbonyl (C=O) groups excluding carboxylic acids is 1. The molecule has 0 spiro atoms. The molecule has 204 valence electrons. The first-order valence-electron chi connectivity index (χ1n) is 12.8. The zero-order chi connectivity index (χ0) is 25.8. The van der Waals surface area contributed by atoms with Gasteiger partial charge in [0.2, 0.25) is 5.91 Å². The summed E-state index contributed by atoms with van der Waals surface area (Å²) < 4.78 is 92.9. The van der Waals surface area contributed by atoms with Gasteiger partial charge < -0.3 is 4.90 Å². The zero-order valence-corrected chi connectivity index (χ0v) is 20.4. The van der Waals surface area contributed by atoms with Gasteiger partial charge in [0.05, 0.1) is 17.9 Å². The van der Waals surface area contributed by atoms with Crippen LogP contribution in [0.25, 0.3) is 0 Å². The Kier molecular flexibility index (Phi) is 9.73. The number of carbonyl (C=O) groups is 1.